The summed E-state index contributed by atoms with van der Waals surface area (Å²) in [6, 6.07) is 26.6. The lowest BCUT2D eigenvalue weighted by atomic mass is 10.2. The van der Waals surface area contributed by atoms with E-state index < -0.39 is 5.97 Å². The number of thioether (sulfide) groups is 1. The first-order valence-corrected chi connectivity index (χ1v) is 13.4. The van der Waals surface area contributed by atoms with Crippen molar-refractivity contribution in [2.24, 2.45) is 5.10 Å². The van der Waals surface area contributed by atoms with Crippen LogP contribution in [-0.4, -0.2) is 43.6 Å². The Bertz CT molecular complexity index is 1640. The molecular weight excluding hydrogens is 548 g/mol. The lowest BCUT2D eigenvalue weighted by molar-refractivity contribution is -0.118. The van der Waals surface area contributed by atoms with Crippen molar-refractivity contribution in [3.05, 3.63) is 120 Å². The predicted molar refractivity (Wildman–Crippen MR) is 154 cm³/mol. The Balaban J connectivity index is 1.18. The molecule has 0 unspecified atom stereocenters. The van der Waals surface area contributed by atoms with Gasteiger partial charge in [0.05, 0.1) is 17.5 Å². The standard InChI is InChI=1S/C29H21ClN6O3S/c30-23-6-4-5-22(17-23)28(38)39-25-11-9-20(10-12-25)18-32-33-26(37)19-40-29-35-34-27(21-13-15-31-16-14-21)36(29)24-7-2-1-3-8-24/h1-18H,19H2,(H,33,37)/b32-18-. The van der Waals surface area contributed by atoms with Gasteiger partial charge in [-0.05, 0) is 72.3 Å². The van der Waals surface area contributed by atoms with Crippen molar-refractivity contribution in [1.29, 1.82) is 0 Å². The van der Waals surface area contributed by atoms with Gasteiger partial charge in [-0.3, -0.25) is 14.3 Å². The number of pyridine rings is 1. The van der Waals surface area contributed by atoms with E-state index in [1.807, 2.05) is 47.0 Å². The number of rotatable bonds is 9. The van der Waals surface area contributed by atoms with Crippen molar-refractivity contribution in [2.75, 3.05) is 5.75 Å². The average Bonchev–Trinajstić information content (AvgIpc) is 3.42. The maximum absolute atomic E-state index is 12.5. The topological polar surface area (TPSA) is 111 Å². The number of nitrogens with one attached hydrogen (secondary N) is 1. The van der Waals surface area contributed by atoms with Crippen LogP contribution in [0.5, 0.6) is 5.75 Å². The normalized spacial score (nSPS) is 10.9. The van der Waals surface area contributed by atoms with Crippen LogP contribution in [0.25, 0.3) is 17.1 Å². The summed E-state index contributed by atoms with van der Waals surface area (Å²) in [6.07, 6.45) is 4.89. The van der Waals surface area contributed by atoms with E-state index in [0.717, 1.165) is 11.3 Å². The number of nitrogens with zero attached hydrogens (tertiary/aromatic N) is 5. The summed E-state index contributed by atoms with van der Waals surface area (Å²) in [6.45, 7) is 0. The second kappa shape index (κ2) is 12.8. The van der Waals surface area contributed by atoms with Gasteiger partial charge >= 0.3 is 5.97 Å². The van der Waals surface area contributed by atoms with Crippen LogP contribution in [-0.2, 0) is 4.79 Å². The minimum atomic E-state index is -0.510. The molecule has 0 aliphatic rings. The summed E-state index contributed by atoms with van der Waals surface area (Å²) in [5.74, 6) is 0.287. The number of hydrazone groups is 1. The lowest BCUT2D eigenvalue weighted by Crippen LogP contribution is -2.20. The third-order valence-electron chi connectivity index (χ3n) is 5.47. The van der Waals surface area contributed by atoms with Gasteiger partial charge in [0.15, 0.2) is 11.0 Å². The van der Waals surface area contributed by atoms with Gasteiger partial charge in [0.2, 0.25) is 0 Å². The van der Waals surface area contributed by atoms with Crippen LogP contribution >= 0.6 is 23.4 Å². The first kappa shape index (κ1) is 26.8. The van der Waals surface area contributed by atoms with E-state index in [9.17, 15) is 9.59 Å². The smallest absolute Gasteiger partial charge is 0.343 e. The predicted octanol–water partition coefficient (Wildman–Crippen LogP) is 5.44. The summed E-state index contributed by atoms with van der Waals surface area (Å²) < 4.78 is 7.27. The Kier molecular flexibility index (Phi) is 8.60. The first-order chi connectivity index (χ1) is 19.6. The molecule has 9 nitrogen and oxygen atoms in total. The molecule has 2 aromatic heterocycles. The minimum Gasteiger partial charge on any atom is -0.423 e. The van der Waals surface area contributed by atoms with Crippen LogP contribution in [0.4, 0.5) is 0 Å². The van der Waals surface area contributed by atoms with Gasteiger partial charge in [-0.2, -0.15) is 5.10 Å². The molecule has 1 N–H and O–H groups in total. The molecule has 0 atom stereocenters. The average molecular weight is 569 g/mol. The molecule has 1 amide bonds. The maximum Gasteiger partial charge on any atom is 0.343 e. The van der Waals surface area contributed by atoms with Crippen LogP contribution in [0.3, 0.4) is 0 Å². The number of benzene rings is 3. The van der Waals surface area contributed by atoms with E-state index in [4.69, 9.17) is 16.3 Å². The second-order valence-electron chi connectivity index (χ2n) is 8.26. The fourth-order valence-electron chi connectivity index (χ4n) is 3.61. The number of carbonyl (C=O) groups excluding carboxylic acids is 2. The van der Waals surface area contributed by atoms with Gasteiger partial charge in [-0.1, -0.05) is 47.6 Å². The highest BCUT2D eigenvalue weighted by Crippen LogP contribution is 2.27. The number of aromatic nitrogens is 4. The Hall–Kier alpha value is -4.80. The monoisotopic (exact) mass is 568 g/mol. The Morgan fingerprint density at radius 1 is 0.950 bits per heavy atom. The number of ether oxygens (including phenoxy) is 1. The van der Waals surface area contributed by atoms with Gasteiger partial charge in [0.25, 0.3) is 5.91 Å². The zero-order valence-electron chi connectivity index (χ0n) is 20.8. The highest BCUT2D eigenvalue weighted by atomic mass is 35.5. The van der Waals surface area contributed by atoms with E-state index in [1.165, 1.54) is 24.0 Å². The molecule has 3 aromatic carbocycles. The molecule has 0 fully saturated rings. The second-order valence-corrected chi connectivity index (χ2v) is 9.64. The highest BCUT2D eigenvalue weighted by molar-refractivity contribution is 7.99. The number of para-hydroxylation sites is 1. The lowest BCUT2D eigenvalue weighted by Gasteiger charge is -2.10. The summed E-state index contributed by atoms with van der Waals surface area (Å²) in [5.41, 5.74) is 5.32. The van der Waals surface area contributed by atoms with Crippen molar-refractivity contribution in [2.45, 2.75) is 5.16 Å². The largest absolute Gasteiger partial charge is 0.423 e. The third kappa shape index (κ3) is 6.79. The highest BCUT2D eigenvalue weighted by Gasteiger charge is 2.17. The molecule has 5 rings (SSSR count). The molecule has 0 saturated heterocycles. The number of hydrogen-bond donors (Lipinski definition) is 1. The summed E-state index contributed by atoms with van der Waals surface area (Å²) in [7, 11) is 0. The van der Waals surface area contributed by atoms with Gasteiger partial charge in [0.1, 0.15) is 5.75 Å². The van der Waals surface area contributed by atoms with Crippen LogP contribution in [0.1, 0.15) is 15.9 Å². The van der Waals surface area contributed by atoms with Crippen LogP contribution < -0.4 is 10.2 Å². The molecular formula is C29H21ClN6O3S. The van der Waals surface area contributed by atoms with E-state index in [2.05, 4.69) is 25.7 Å². The van der Waals surface area contributed by atoms with E-state index in [1.54, 1.807) is 54.9 Å². The molecule has 11 heteroatoms. The van der Waals surface area contributed by atoms with Crippen molar-refractivity contribution in [3.8, 4) is 22.8 Å². The molecule has 0 bridgehead atoms. The molecule has 40 heavy (non-hydrogen) atoms. The quantitative estimate of drug-likeness (QED) is 0.0828. The Morgan fingerprint density at radius 2 is 1.73 bits per heavy atom. The van der Waals surface area contributed by atoms with Gasteiger partial charge in [-0.25, -0.2) is 10.2 Å². The zero-order valence-corrected chi connectivity index (χ0v) is 22.4. The molecule has 0 saturated carbocycles. The molecule has 0 spiro atoms. The zero-order chi connectivity index (χ0) is 27.7. The molecule has 198 valence electrons. The van der Waals surface area contributed by atoms with Crippen LogP contribution in [0.2, 0.25) is 5.02 Å². The number of esters is 1. The van der Waals surface area contributed by atoms with Crippen molar-refractivity contribution < 1.29 is 14.3 Å². The molecule has 0 aliphatic heterocycles. The minimum absolute atomic E-state index is 0.0804. The molecule has 5 aromatic rings. The third-order valence-corrected chi connectivity index (χ3v) is 6.64. The van der Waals surface area contributed by atoms with Gasteiger partial charge < -0.3 is 4.74 Å². The summed E-state index contributed by atoms with van der Waals surface area (Å²) in [4.78, 5) is 28.8. The van der Waals surface area contributed by atoms with E-state index in [0.29, 0.717) is 32.9 Å². The fraction of sp³-hybridized carbons (Fsp3) is 0.0345. The van der Waals surface area contributed by atoms with Crippen LogP contribution in [0.15, 0.2) is 114 Å². The van der Waals surface area contributed by atoms with Crippen molar-refractivity contribution in [3.63, 3.8) is 0 Å². The van der Waals surface area contributed by atoms with Gasteiger partial charge in [0, 0.05) is 28.7 Å². The Labute approximate surface area is 238 Å². The number of halogens is 1. The SMILES string of the molecule is O=C(CSc1nnc(-c2ccncc2)n1-c1ccccc1)N/N=C\c1ccc(OC(=O)c2cccc(Cl)c2)cc1. The molecule has 2 heterocycles. The van der Waals surface area contributed by atoms with Crippen molar-refractivity contribution >= 4 is 41.5 Å². The molecule has 0 radical (unpaired) electrons. The number of carbonyl (C=O) groups is 2. The fourth-order valence-corrected chi connectivity index (χ4v) is 4.54. The number of hydrogen-bond acceptors (Lipinski definition) is 8. The molecule has 0 aliphatic carbocycles. The number of amides is 1. The maximum atomic E-state index is 12.5. The van der Waals surface area contributed by atoms with Crippen molar-refractivity contribution in [1.82, 2.24) is 25.2 Å². The van der Waals surface area contributed by atoms with E-state index >= 15 is 0 Å². The van der Waals surface area contributed by atoms with Crippen LogP contribution in [0, 0.1) is 0 Å². The summed E-state index contributed by atoms with van der Waals surface area (Å²) >= 11 is 7.18. The Morgan fingerprint density at radius 3 is 2.48 bits per heavy atom. The first-order valence-electron chi connectivity index (χ1n) is 12.0. The summed E-state index contributed by atoms with van der Waals surface area (Å²) in [5, 5.41) is 13.7. The van der Waals surface area contributed by atoms with Gasteiger partial charge in [-0.15, -0.1) is 10.2 Å². The van der Waals surface area contributed by atoms with E-state index in [-0.39, 0.29) is 11.7 Å².